The summed E-state index contributed by atoms with van der Waals surface area (Å²) in [5.74, 6) is 0. The van der Waals surface area contributed by atoms with Crippen LogP contribution in [0.3, 0.4) is 0 Å². The first-order valence-corrected chi connectivity index (χ1v) is 6.65. The van der Waals surface area contributed by atoms with Crippen LogP contribution in [0.4, 0.5) is 0 Å². The maximum Gasteiger partial charge on any atom is 0.176 e. The van der Waals surface area contributed by atoms with Crippen molar-refractivity contribution >= 4 is 9.04 Å². The minimum atomic E-state index is -0.644. The zero-order chi connectivity index (χ0) is 7.23. The average molecular weight is 158 g/mol. The molecule has 60 valence electrons. The molecular weight excluding hydrogens is 140 g/mol. The van der Waals surface area contributed by atoms with Crippen LogP contribution in [0.2, 0.25) is 12.1 Å². The van der Waals surface area contributed by atoms with Gasteiger partial charge in [-0.2, -0.15) is 0 Å². The molecule has 1 fully saturated rings. The van der Waals surface area contributed by atoms with Gasteiger partial charge in [0.25, 0.3) is 0 Å². The Balaban J connectivity index is 2.02. The zero-order valence-corrected chi connectivity index (χ0v) is 8.09. The van der Waals surface area contributed by atoms with Crippen LogP contribution < -0.4 is 0 Å². The standard InChI is InChI=1S/C8H18OSi/c1-2-6-9-10-7-4-3-5-8-10/h10H,2-8H2,1H3. The molecule has 0 spiro atoms. The number of hydrogen-bond acceptors (Lipinski definition) is 1. The fourth-order valence-corrected chi connectivity index (χ4v) is 4.20. The Morgan fingerprint density at radius 2 is 1.90 bits per heavy atom. The van der Waals surface area contributed by atoms with Crippen molar-refractivity contribution in [3.63, 3.8) is 0 Å². The Hall–Kier alpha value is 0.177. The van der Waals surface area contributed by atoms with Gasteiger partial charge in [0, 0.05) is 6.61 Å². The molecule has 0 unspecified atom stereocenters. The van der Waals surface area contributed by atoms with Gasteiger partial charge in [0.05, 0.1) is 0 Å². The Morgan fingerprint density at radius 3 is 2.50 bits per heavy atom. The summed E-state index contributed by atoms with van der Waals surface area (Å²) in [5, 5.41) is 0. The Bertz CT molecular complexity index is 79.3. The van der Waals surface area contributed by atoms with E-state index in [0.717, 1.165) is 6.61 Å². The van der Waals surface area contributed by atoms with Crippen LogP contribution >= 0.6 is 0 Å². The van der Waals surface area contributed by atoms with Crippen LogP contribution in [-0.2, 0) is 4.43 Å². The minimum Gasteiger partial charge on any atom is -0.420 e. The van der Waals surface area contributed by atoms with E-state index in [1.165, 1.54) is 37.8 Å². The van der Waals surface area contributed by atoms with Gasteiger partial charge in [0.1, 0.15) is 0 Å². The first-order chi connectivity index (χ1) is 4.93. The van der Waals surface area contributed by atoms with Gasteiger partial charge in [-0.15, -0.1) is 0 Å². The molecule has 1 heterocycles. The Morgan fingerprint density at radius 1 is 1.20 bits per heavy atom. The highest BCUT2D eigenvalue weighted by atomic mass is 28.3. The van der Waals surface area contributed by atoms with Crippen molar-refractivity contribution in [2.45, 2.75) is 44.7 Å². The van der Waals surface area contributed by atoms with E-state index in [4.69, 9.17) is 4.43 Å². The lowest BCUT2D eigenvalue weighted by Crippen LogP contribution is -2.20. The predicted molar refractivity (Wildman–Crippen MR) is 46.9 cm³/mol. The van der Waals surface area contributed by atoms with Crippen molar-refractivity contribution in [1.82, 2.24) is 0 Å². The molecule has 2 heteroatoms. The summed E-state index contributed by atoms with van der Waals surface area (Å²) >= 11 is 0. The fraction of sp³-hybridized carbons (Fsp3) is 1.00. The van der Waals surface area contributed by atoms with Gasteiger partial charge >= 0.3 is 0 Å². The van der Waals surface area contributed by atoms with Crippen molar-refractivity contribution in [2.24, 2.45) is 0 Å². The predicted octanol–water partition coefficient (Wildman–Crippen LogP) is 2.32. The van der Waals surface area contributed by atoms with E-state index in [1.54, 1.807) is 0 Å². The maximum absolute atomic E-state index is 5.77. The monoisotopic (exact) mass is 158 g/mol. The summed E-state index contributed by atoms with van der Waals surface area (Å²) in [4.78, 5) is 0. The van der Waals surface area contributed by atoms with E-state index in [-0.39, 0.29) is 0 Å². The van der Waals surface area contributed by atoms with Gasteiger partial charge in [-0.3, -0.25) is 0 Å². The van der Waals surface area contributed by atoms with E-state index in [1.807, 2.05) is 0 Å². The molecule has 0 amide bonds. The lowest BCUT2D eigenvalue weighted by atomic mass is 10.3. The third-order valence-corrected chi connectivity index (χ3v) is 4.92. The van der Waals surface area contributed by atoms with Gasteiger partial charge in [0.15, 0.2) is 9.04 Å². The smallest absolute Gasteiger partial charge is 0.176 e. The highest BCUT2D eigenvalue weighted by Crippen LogP contribution is 2.19. The highest BCUT2D eigenvalue weighted by Gasteiger charge is 2.14. The molecule has 1 nitrogen and oxygen atoms in total. The van der Waals surface area contributed by atoms with E-state index in [9.17, 15) is 0 Å². The highest BCUT2D eigenvalue weighted by molar-refractivity contribution is 6.52. The molecule has 0 aliphatic carbocycles. The van der Waals surface area contributed by atoms with E-state index < -0.39 is 9.04 Å². The zero-order valence-electron chi connectivity index (χ0n) is 6.94. The molecule has 1 aliphatic rings. The van der Waals surface area contributed by atoms with Gasteiger partial charge in [0.2, 0.25) is 0 Å². The summed E-state index contributed by atoms with van der Waals surface area (Å²) in [6, 6.07) is 2.89. The molecule has 0 saturated carbocycles. The van der Waals surface area contributed by atoms with Gasteiger partial charge in [-0.05, 0) is 18.5 Å². The van der Waals surface area contributed by atoms with Crippen LogP contribution in [0.15, 0.2) is 0 Å². The second-order valence-corrected chi connectivity index (χ2v) is 5.86. The maximum atomic E-state index is 5.77. The molecule has 10 heavy (non-hydrogen) atoms. The lowest BCUT2D eigenvalue weighted by molar-refractivity contribution is 0.311. The van der Waals surface area contributed by atoms with Crippen molar-refractivity contribution in [2.75, 3.05) is 6.61 Å². The number of rotatable bonds is 3. The van der Waals surface area contributed by atoms with Crippen LogP contribution in [0, 0.1) is 0 Å². The molecule has 0 aromatic heterocycles. The average Bonchev–Trinajstić information content (AvgIpc) is 2.03. The molecule has 0 bridgehead atoms. The molecule has 0 radical (unpaired) electrons. The molecule has 0 N–H and O–H groups in total. The van der Waals surface area contributed by atoms with Gasteiger partial charge < -0.3 is 4.43 Å². The summed E-state index contributed by atoms with van der Waals surface area (Å²) in [5.41, 5.74) is 0. The van der Waals surface area contributed by atoms with Crippen LogP contribution in [-0.4, -0.2) is 15.6 Å². The summed E-state index contributed by atoms with van der Waals surface area (Å²) in [6.45, 7) is 3.22. The van der Waals surface area contributed by atoms with Crippen LogP contribution in [0.5, 0.6) is 0 Å². The quantitative estimate of drug-likeness (QED) is 0.573. The first-order valence-electron chi connectivity index (χ1n) is 4.55. The molecule has 1 rings (SSSR count). The molecule has 0 aromatic rings. The molecule has 0 aromatic carbocycles. The van der Waals surface area contributed by atoms with E-state index >= 15 is 0 Å². The summed E-state index contributed by atoms with van der Waals surface area (Å²) < 4.78 is 5.77. The van der Waals surface area contributed by atoms with Crippen molar-refractivity contribution in [1.29, 1.82) is 0 Å². The van der Waals surface area contributed by atoms with Gasteiger partial charge in [-0.25, -0.2) is 0 Å². The third-order valence-electron chi connectivity index (χ3n) is 2.11. The molecule has 1 aliphatic heterocycles. The third kappa shape index (κ3) is 2.84. The van der Waals surface area contributed by atoms with Crippen molar-refractivity contribution in [3.05, 3.63) is 0 Å². The van der Waals surface area contributed by atoms with E-state index in [2.05, 4.69) is 6.92 Å². The van der Waals surface area contributed by atoms with Crippen molar-refractivity contribution in [3.8, 4) is 0 Å². The van der Waals surface area contributed by atoms with Gasteiger partial charge in [-0.1, -0.05) is 26.2 Å². The number of hydrogen-bond donors (Lipinski definition) is 0. The molecule has 1 saturated heterocycles. The lowest BCUT2D eigenvalue weighted by Gasteiger charge is -2.19. The Kier molecular flexibility index (Phi) is 4.06. The largest absolute Gasteiger partial charge is 0.420 e. The summed E-state index contributed by atoms with van der Waals surface area (Å²) in [6.07, 6.45) is 5.55. The molecular formula is C8H18OSi. The van der Waals surface area contributed by atoms with E-state index in [0.29, 0.717) is 0 Å². The normalized spacial score (nSPS) is 21.3. The fourth-order valence-electron chi connectivity index (χ4n) is 1.52. The van der Waals surface area contributed by atoms with Crippen LogP contribution in [0.25, 0.3) is 0 Å². The molecule has 0 atom stereocenters. The van der Waals surface area contributed by atoms with Crippen LogP contribution in [0.1, 0.15) is 32.6 Å². The SMILES string of the molecule is CCCO[SiH]1CCCCC1. The van der Waals surface area contributed by atoms with Crippen molar-refractivity contribution < 1.29 is 4.43 Å². The Labute approximate surface area is 65.5 Å². The topological polar surface area (TPSA) is 9.23 Å². The summed E-state index contributed by atoms with van der Waals surface area (Å²) in [7, 11) is -0.644. The second-order valence-electron chi connectivity index (χ2n) is 3.13. The minimum absolute atomic E-state index is 0.644. The first kappa shape index (κ1) is 8.28. The second kappa shape index (κ2) is 4.91.